The lowest BCUT2D eigenvalue weighted by Gasteiger charge is -2.23. The summed E-state index contributed by atoms with van der Waals surface area (Å²) in [5.74, 6) is 0.877. The van der Waals surface area contributed by atoms with Crippen molar-refractivity contribution in [3.8, 4) is 0 Å². The first kappa shape index (κ1) is 14.9. The van der Waals surface area contributed by atoms with Gasteiger partial charge in [0.25, 0.3) is 0 Å². The highest BCUT2D eigenvalue weighted by Crippen LogP contribution is 2.14. The minimum Gasteiger partial charge on any atom is -0.355 e. The molecule has 4 nitrogen and oxygen atoms in total. The molecule has 1 aromatic carbocycles. The Labute approximate surface area is 122 Å². The number of benzene rings is 1. The van der Waals surface area contributed by atoms with Gasteiger partial charge >= 0.3 is 0 Å². The van der Waals surface area contributed by atoms with E-state index in [0.717, 1.165) is 12.5 Å². The van der Waals surface area contributed by atoms with E-state index in [2.05, 4.69) is 58.8 Å². The van der Waals surface area contributed by atoms with Gasteiger partial charge in [0.1, 0.15) is 0 Å². The molecule has 1 aliphatic heterocycles. The number of guanidine groups is 1. The Morgan fingerprint density at radius 3 is 2.75 bits per heavy atom. The molecule has 2 unspecified atom stereocenters. The largest absolute Gasteiger partial charge is 0.355 e. The second-order valence-electron chi connectivity index (χ2n) is 5.51. The average Bonchev–Trinajstić information content (AvgIpc) is 2.89. The zero-order valence-electron chi connectivity index (χ0n) is 12.8. The number of aliphatic imine (C=N–C) groups is 1. The summed E-state index contributed by atoms with van der Waals surface area (Å²) in [5.41, 5.74) is 1.27. The molecule has 0 bridgehead atoms. The fourth-order valence-corrected chi connectivity index (χ4v) is 2.68. The summed E-state index contributed by atoms with van der Waals surface area (Å²) < 4.78 is 0. The van der Waals surface area contributed by atoms with Crippen molar-refractivity contribution in [2.75, 3.05) is 27.2 Å². The van der Waals surface area contributed by atoms with Crippen molar-refractivity contribution in [3.63, 3.8) is 0 Å². The van der Waals surface area contributed by atoms with Crippen LogP contribution in [0.25, 0.3) is 0 Å². The van der Waals surface area contributed by atoms with E-state index >= 15 is 0 Å². The molecule has 1 saturated heterocycles. The highest BCUT2D eigenvalue weighted by Gasteiger charge is 2.20. The van der Waals surface area contributed by atoms with E-state index in [9.17, 15) is 0 Å². The Bertz CT molecular complexity index is 429. The Kier molecular flexibility index (Phi) is 5.41. The molecule has 2 rings (SSSR count). The molecule has 0 amide bonds. The molecule has 0 aromatic heterocycles. The van der Waals surface area contributed by atoms with Crippen molar-refractivity contribution in [3.05, 3.63) is 35.9 Å². The molecule has 1 heterocycles. The van der Waals surface area contributed by atoms with Crippen molar-refractivity contribution in [2.24, 2.45) is 4.99 Å². The first-order valence-corrected chi connectivity index (χ1v) is 7.43. The van der Waals surface area contributed by atoms with Crippen LogP contribution in [0.4, 0.5) is 0 Å². The first-order chi connectivity index (χ1) is 9.70. The van der Waals surface area contributed by atoms with Crippen molar-refractivity contribution in [1.82, 2.24) is 15.5 Å². The summed E-state index contributed by atoms with van der Waals surface area (Å²) >= 11 is 0. The van der Waals surface area contributed by atoms with Gasteiger partial charge in [0, 0.05) is 19.6 Å². The SMILES string of the molecule is CN=C(NCC1CCCN1C)NC(C)c1ccccc1. The topological polar surface area (TPSA) is 39.7 Å². The molecule has 0 radical (unpaired) electrons. The first-order valence-electron chi connectivity index (χ1n) is 7.43. The normalized spacial score (nSPS) is 21.8. The molecule has 2 N–H and O–H groups in total. The number of nitrogens with zero attached hydrogens (tertiary/aromatic N) is 2. The van der Waals surface area contributed by atoms with Crippen LogP contribution in [-0.4, -0.2) is 44.1 Å². The molecule has 110 valence electrons. The third-order valence-electron chi connectivity index (χ3n) is 4.05. The predicted molar refractivity (Wildman–Crippen MR) is 85.0 cm³/mol. The number of likely N-dealkylation sites (N-methyl/N-ethyl adjacent to an activating group) is 1. The van der Waals surface area contributed by atoms with Crippen LogP contribution in [0.5, 0.6) is 0 Å². The standard InChI is InChI=1S/C16H26N4/c1-13(14-8-5-4-6-9-14)19-16(17-2)18-12-15-10-7-11-20(15)3/h4-6,8-9,13,15H,7,10-12H2,1-3H3,(H2,17,18,19). The van der Waals surface area contributed by atoms with Crippen LogP contribution in [-0.2, 0) is 0 Å². The van der Waals surface area contributed by atoms with Crippen molar-refractivity contribution >= 4 is 5.96 Å². The minimum atomic E-state index is 0.253. The summed E-state index contributed by atoms with van der Waals surface area (Å²) in [6.45, 7) is 4.32. The van der Waals surface area contributed by atoms with E-state index in [1.807, 2.05) is 13.1 Å². The summed E-state index contributed by atoms with van der Waals surface area (Å²) in [6, 6.07) is 11.3. The van der Waals surface area contributed by atoms with Crippen LogP contribution in [0, 0.1) is 0 Å². The average molecular weight is 274 g/mol. The molecule has 1 aromatic rings. The predicted octanol–water partition coefficient (Wildman–Crippen LogP) is 2.01. The molecular weight excluding hydrogens is 248 g/mol. The van der Waals surface area contributed by atoms with Gasteiger partial charge in [0.2, 0.25) is 0 Å². The van der Waals surface area contributed by atoms with Crippen molar-refractivity contribution in [2.45, 2.75) is 31.8 Å². The zero-order valence-corrected chi connectivity index (χ0v) is 12.8. The van der Waals surface area contributed by atoms with Crippen LogP contribution in [0.3, 0.4) is 0 Å². The lowest BCUT2D eigenvalue weighted by atomic mass is 10.1. The second-order valence-corrected chi connectivity index (χ2v) is 5.51. The molecule has 4 heteroatoms. The van der Waals surface area contributed by atoms with Crippen LogP contribution < -0.4 is 10.6 Å². The van der Waals surface area contributed by atoms with E-state index in [0.29, 0.717) is 6.04 Å². The Morgan fingerprint density at radius 2 is 2.15 bits per heavy atom. The molecule has 0 aliphatic carbocycles. The van der Waals surface area contributed by atoms with Gasteiger partial charge in [0.15, 0.2) is 5.96 Å². The quantitative estimate of drug-likeness (QED) is 0.652. The smallest absolute Gasteiger partial charge is 0.191 e. The van der Waals surface area contributed by atoms with Crippen molar-refractivity contribution in [1.29, 1.82) is 0 Å². The minimum absolute atomic E-state index is 0.253. The monoisotopic (exact) mass is 274 g/mol. The van der Waals surface area contributed by atoms with Crippen LogP contribution in [0.1, 0.15) is 31.4 Å². The Balaban J connectivity index is 1.83. The van der Waals surface area contributed by atoms with Gasteiger partial charge in [-0.3, -0.25) is 4.99 Å². The third kappa shape index (κ3) is 3.97. The molecule has 1 fully saturated rings. The molecular formula is C16H26N4. The number of nitrogens with one attached hydrogen (secondary N) is 2. The molecule has 0 saturated carbocycles. The van der Waals surface area contributed by atoms with E-state index in [4.69, 9.17) is 0 Å². The Morgan fingerprint density at radius 1 is 1.40 bits per heavy atom. The summed E-state index contributed by atoms with van der Waals surface area (Å²) in [6.07, 6.45) is 2.57. The Hall–Kier alpha value is -1.55. The van der Waals surface area contributed by atoms with Gasteiger partial charge in [-0.25, -0.2) is 0 Å². The summed E-state index contributed by atoms with van der Waals surface area (Å²) in [7, 11) is 4.02. The fourth-order valence-electron chi connectivity index (χ4n) is 2.68. The lowest BCUT2D eigenvalue weighted by Crippen LogP contribution is -2.44. The second kappa shape index (κ2) is 7.29. The number of hydrogen-bond donors (Lipinski definition) is 2. The third-order valence-corrected chi connectivity index (χ3v) is 4.05. The van der Waals surface area contributed by atoms with E-state index in [1.54, 1.807) is 0 Å². The van der Waals surface area contributed by atoms with E-state index < -0.39 is 0 Å². The summed E-state index contributed by atoms with van der Waals surface area (Å²) in [4.78, 5) is 6.73. The highest BCUT2D eigenvalue weighted by atomic mass is 15.2. The lowest BCUT2D eigenvalue weighted by molar-refractivity contribution is 0.309. The van der Waals surface area contributed by atoms with E-state index in [1.165, 1.54) is 24.9 Å². The van der Waals surface area contributed by atoms with Crippen LogP contribution in [0.2, 0.25) is 0 Å². The van der Waals surface area contributed by atoms with Gasteiger partial charge < -0.3 is 15.5 Å². The van der Waals surface area contributed by atoms with Crippen molar-refractivity contribution < 1.29 is 0 Å². The molecule has 0 spiro atoms. The van der Waals surface area contributed by atoms with Crippen LogP contribution in [0.15, 0.2) is 35.3 Å². The van der Waals surface area contributed by atoms with Crippen LogP contribution >= 0.6 is 0 Å². The number of likely N-dealkylation sites (tertiary alicyclic amines) is 1. The van der Waals surface area contributed by atoms with Gasteiger partial charge in [-0.05, 0) is 38.9 Å². The fraction of sp³-hybridized carbons (Fsp3) is 0.562. The van der Waals surface area contributed by atoms with Gasteiger partial charge in [-0.1, -0.05) is 30.3 Å². The molecule has 1 aliphatic rings. The summed E-state index contributed by atoms with van der Waals surface area (Å²) in [5, 5.41) is 6.88. The van der Waals surface area contributed by atoms with Gasteiger partial charge in [-0.2, -0.15) is 0 Å². The highest BCUT2D eigenvalue weighted by molar-refractivity contribution is 5.80. The molecule has 2 atom stereocenters. The van der Waals surface area contributed by atoms with E-state index in [-0.39, 0.29) is 6.04 Å². The number of hydrogen-bond acceptors (Lipinski definition) is 2. The zero-order chi connectivity index (χ0) is 14.4. The maximum atomic E-state index is 4.32. The maximum Gasteiger partial charge on any atom is 0.191 e. The number of rotatable bonds is 4. The maximum absolute atomic E-state index is 4.32. The molecule has 20 heavy (non-hydrogen) atoms. The van der Waals surface area contributed by atoms with Gasteiger partial charge in [-0.15, -0.1) is 0 Å². The van der Waals surface area contributed by atoms with Gasteiger partial charge in [0.05, 0.1) is 6.04 Å².